The Kier molecular flexibility index (Phi) is 7.62. The number of carbonyl (C=O) groups is 3. The number of carboxylic acids is 1. The summed E-state index contributed by atoms with van der Waals surface area (Å²) in [6.07, 6.45) is 6.37. The topological polar surface area (TPSA) is 116 Å². The van der Waals surface area contributed by atoms with Gasteiger partial charge in [0.1, 0.15) is 5.60 Å². The summed E-state index contributed by atoms with van der Waals surface area (Å²) >= 11 is 0. The van der Waals surface area contributed by atoms with Crippen LogP contribution in [0, 0.1) is 5.41 Å². The molecule has 1 aliphatic rings. The molecule has 3 N–H and O–H groups in total. The fraction of sp³-hybridized carbons (Fsp3) is 0.842. The van der Waals surface area contributed by atoms with Crippen molar-refractivity contribution >= 4 is 17.9 Å². The van der Waals surface area contributed by atoms with Crippen molar-refractivity contribution in [2.75, 3.05) is 7.11 Å². The van der Waals surface area contributed by atoms with Gasteiger partial charge in [0.15, 0.2) is 0 Å². The normalized spacial score (nSPS) is 19.3. The second-order valence-electron chi connectivity index (χ2n) is 8.45. The SMILES string of the molecule is COC(=O)CC1(CCCC(N)(C(=O)O)C(=O)OC(C)(C)C)CCCCC1. The number of rotatable bonds is 8. The first-order chi connectivity index (χ1) is 11.9. The first kappa shape index (κ1) is 22.4. The van der Waals surface area contributed by atoms with Crippen molar-refractivity contribution in [2.45, 2.75) is 89.7 Å². The van der Waals surface area contributed by atoms with Gasteiger partial charge in [-0.15, -0.1) is 0 Å². The number of esters is 2. The van der Waals surface area contributed by atoms with Crippen LogP contribution in [0.25, 0.3) is 0 Å². The molecule has 26 heavy (non-hydrogen) atoms. The maximum absolute atomic E-state index is 12.3. The van der Waals surface area contributed by atoms with E-state index < -0.39 is 23.1 Å². The zero-order chi connectivity index (χ0) is 20.0. The molecule has 0 spiro atoms. The largest absolute Gasteiger partial charge is 0.479 e. The molecule has 0 radical (unpaired) electrons. The number of carbonyl (C=O) groups excluding carboxylic acids is 2. The lowest BCUT2D eigenvalue weighted by Gasteiger charge is -2.37. The van der Waals surface area contributed by atoms with E-state index in [-0.39, 0.29) is 17.8 Å². The molecule has 1 fully saturated rings. The molecule has 0 aromatic heterocycles. The Bertz CT molecular complexity index is 519. The summed E-state index contributed by atoms with van der Waals surface area (Å²) in [7, 11) is 1.37. The van der Waals surface area contributed by atoms with E-state index in [9.17, 15) is 19.5 Å². The van der Waals surface area contributed by atoms with Gasteiger partial charge < -0.3 is 20.3 Å². The quantitative estimate of drug-likeness (QED) is 0.498. The van der Waals surface area contributed by atoms with Crippen LogP contribution >= 0.6 is 0 Å². The second-order valence-corrected chi connectivity index (χ2v) is 8.45. The summed E-state index contributed by atoms with van der Waals surface area (Å²) in [5.41, 5.74) is 2.83. The summed E-state index contributed by atoms with van der Waals surface area (Å²) in [5, 5.41) is 9.48. The van der Waals surface area contributed by atoms with Crippen LogP contribution in [0.3, 0.4) is 0 Å². The lowest BCUT2D eigenvalue weighted by Crippen LogP contribution is -2.57. The summed E-state index contributed by atoms with van der Waals surface area (Å²) in [6.45, 7) is 5.00. The molecule has 7 heteroatoms. The number of nitrogens with two attached hydrogens (primary N) is 1. The third-order valence-electron chi connectivity index (χ3n) is 5.08. The summed E-state index contributed by atoms with van der Waals surface area (Å²) in [6, 6.07) is 0. The average Bonchev–Trinajstić information content (AvgIpc) is 2.53. The van der Waals surface area contributed by atoms with Crippen molar-refractivity contribution in [2.24, 2.45) is 11.1 Å². The molecule has 1 saturated carbocycles. The maximum atomic E-state index is 12.3. The fourth-order valence-corrected chi connectivity index (χ4v) is 3.60. The highest BCUT2D eigenvalue weighted by Crippen LogP contribution is 2.44. The van der Waals surface area contributed by atoms with Gasteiger partial charge in [-0.05, 0) is 58.3 Å². The Hall–Kier alpha value is -1.63. The number of hydrogen-bond donors (Lipinski definition) is 2. The van der Waals surface area contributed by atoms with Crippen molar-refractivity contribution in [1.82, 2.24) is 0 Å². The van der Waals surface area contributed by atoms with Crippen LogP contribution in [0.15, 0.2) is 0 Å². The Morgan fingerprint density at radius 2 is 1.69 bits per heavy atom. The van der Waals surface area contributed by atoms with Crippen LogP contribution in [0.5, 0.6) is 0 Å². The van der Waals surface area contributed by atoms with Crippen LogP contribution in [-0.2, 0) is 23.9 Å². The molecular weight excluding hydrogens is 338 g/mol. The number of methoxy groups -OCH3 is 1. The molecule has 7 nitrogen and oxygen atoms in total. The minimum atomic E-state index is -2.07. The fourth-order valence-electron chi connectivity index (χ4n) is 3.60. The molecule has 0 aromatic carbocycles. The van der Waals surface area contributed by atoms with Crippen LogP contribution < -0.4 is 5.73 Å². The van der Waals surface area contributed by atoms with Gasteiger partial charge in [0.2, 0.25) is 5.54 Å². The van der Waals surface area contributed by atoms with E-state index in [4.69, 9.17) is 15.2 Å². The Morgan fingerprint density at radius 3 is 2.15 bits per heavy atom. The number of carboxylic acid groups (broad SMARTS) is 1. The monoisotopic (exact) mass is 371 g/mol. The minimum Gasteiger partial charge on any atom is -0.479 e. The zero-order valence-corrected chi connectivity index (χ0v) is 16.4. The van der Waals surface area contributed by atoms with Gasteiger partial charge >= 0.3 is 17.9 Å². The van der Waals surface area contributed by atoms with Crippen molar-refractivity contribution in [1.29, 1.82) is 0 Å². The van der Waals surface area contributed by atoms with Gasteiger partial charge in [-0.1, -0.05) is 19.3 Å². The van der Waals surface area contributed by atoms with Gasteiger partial charge in [0.05, 0.1) is 13.5 Å². The first-order valence-corrected chi connectivity index (χ1v) is 9.27. The van der Waals surface area contributed by atoms with Crippen molar-refractivity contribution in [3.63, 3.8) is 0 Å². The van der Waals surface area contributed by atoms with Crippen molar-refractivity contribution < 1.29 is 29.0 Å². The Morgan fingerprint density at radius 1 is 1.12 bits per heavy atom. The zero-order valence-electron chi connectivity index (χ0n) is 16.4. The number of hydrogen-bond acceptors (Lipinski definition) is 6. The predicted octanol–water partition coefficient (Wildman–Crippen LogP) is 2.79. The number of ether oxygens (including phenoxy) is 2. The average molecular weight is 371 g/mol. The van der Waals surface area contributed by atoms with Gasteiger partial charge in [0, 0.05) is 0 Å². The molecule has 1 aliphatic carbocycles. The Labute approximate surface area is 155 Å². The van der Waals surface area contributed by atoms with E-state index >= 15 is 0 Å². The van der Waals surface area contributed by atoms with Crippen LogP contribution in [0.2, 0.25) is 0 Å². The van der Waals surface area contributed by atoms with Crippen LogP contribution in [0.4, 0.5) is 0 Å². The molecule has 0 saturated heterocycles. The maximum Gasteiger partial charge on any atom is 0.338 e. The minimum absolute atomic E-state index is 0.0276. The lowest BCUT2D eigenvalue weighted by atomic mass is 9.68. The lowest BCUT2D eigenvalue weighted by molar-refractivity contribution is -0.169. The summed E-state index contributed by atoms with van der Waals surface area (Å²) in [5.74, 6) is -2.57. The molecule has 0 bridgehead atoms. The molecule has 0 aromatic rings. The third kappa shape index (κ3) is 6.27. The van der Waals surface area contributed by atoms with E-state index in [1.165, 1.54) is 7.11 Å². The van der Waals surface area contributed by atoms with Gasteiger partial charge in [-0.2, -0.15) is 0 Å². The van der Waals surface area contributed by atoms with Crippen molar-refractivity contribution in [3.05, 3.63) is 0 Å². The second kappa shape index (κ2) is 8.84. The molecule has 0 heterocycles. The van der Waals surface area contributed by atoms with Crippen LogP contribution in [0.1, 0.15) is 78.6 Å². The van der Waals surface area contributed by atoms with E-state index in [0.717, 1.165) is 32.1 Å². The molecule has 0 amide bonds. The van der Waals surface area contributed by atoms with Crippen molar-refractivity contribution in [3.8, 4) is 0 Å². The standard InChI is InChI=1S/C19H33NO6/c1-17(2,3)26-16(24)19(20,15(22)23)12-8-11-18(13-14(21)25-4)9-6-5-7-10-18/h5-13,20H2,1-4H3,(H,22,23). The van der Waals surface area contributed by atoms with E-state index in [2.05, 4.69) is 0 Å². The van der Waals surface area contributed by atoms with Crippen LogP contribution in [-0.4, -0.2) is 41.3 Å². The van der Waals surface area contributed by atoms with Gasteiger partial charge in [0.25, 0.3) is 0 Å². The third-order valence-corrected chi connectivity index (χ3v) is 5.08. The van der Waals surface area contributed by atoms with Gasteiger partial charge in [-0.25, -0.2) is 9.59 Å². The number of aliphatic carboxylic acids is 1. The molecule has 1 atom stereocenters. The van der Waals surface area contributed by atoms with Gasteiger partial charge in [-0.3, -0.25) is 4.79 Å². The van der Waals surface area contributed by atoms with E-state index in [0.29, 0.717) is 19.3 Å². The molecule has 150 valence electrons. The highest BCUT2D eigenvalue weighted by atomic mass is 16.6. The molecule has 1 unspecified atom stereocenters. The molecule has 1 rings (SSSR count). The summed E-state index contributed by atoms with van der Waals surface area (Å²) in [4.78, 5) is 35.7. The highest BCUT2D eigenvalue weighted by Gasteiger charge is 2.46. The van der Waals surface area contributed by atoms with E-state index in [1.54, 1.807) is 20.8 Å². The smallest absolute Gasteiger partial charge is 0.338 e. The predicted molar refractivity (Wildman–Crippen MR) is 96.4 cm³/mol. The molecule has 0 aliphatic heterocycles. The van der Waals surface area contributed by atoms with E-state index in [1.807, 2.05) is 0 Å². The Balaban J connectivity index is 2.79. The first-order valence-electron chi connectivity index (χ1n) is 9.27. The highest BCUT2D eigenvalue weighted by molar-refractivity contribution is 6.03. The summed E-state index contributed by atoms with van der Waals surface area (Å²) < 4.78 is 10.0. The molecular formula is C19H33NO6.